The van der Waals surface area contributed by atoms with Gasteiger partial charge >= 0.3 is 18.0 Å². The molecule has 1 heterocycles. The van der Waals surface area contributed by atoms with Crippen LogP contribution in [0.1, 0.15) is 42.6 Å². The molecule has 0 bridgehead atoms. The van der Waals surface area contributed by atoms with Crippen molar-refractivity contribution in [2.45, 2.75) is 38.8 Å². The van der Waals surface area contributed by atoms with E-state index >= 15 is 0 Å². The summed E-state index contributed by atoms with van der Waals surface area (Å²) in [6.45, 7) is 3.51. The first-order chi connectivity index (χ1) is 12.2. The number of amides is 3. The molecule has 1 saturated heterocycles. The van der Waals surface area contributed by atoms with Crippen molar-refractivity contribution in [3.63, 3.8) is 0 Å². The third kappa shape index (κ3) is 4.59. The standard InChI is InChI=1S/C18H22N2O6/c1-18(2)16(23)20(17(24)19-18)10-4-5-14(21)26-11-12-6-8-13(9-7-12)15(22)25-3/h6-9H,4-5,10-11H2,1-3H3,(H,19,24). The number of ether oxygens (including phenoxy) is 2. The Morgan fingerprint density at radius 1 is 1.15 bits per heavy atom. The molecule has 140 valence electrons. The van der Waals surface area contributed by atoms with Gasteiger partial charge in [0.1, 0.15) is 12.1 Å². The number of imide groups is 1. The van der Waals surface area contributed by atoms with Crippen LogP contribution in [-0.4, -0.2) is 48.0 Å². The van der Waals surface area contributed by atoms with Crippen molar-refractivity contribution in [3.8, 4) is 0 Å². The lowest BCUT2D eigenvalue weighted by molar-refractivity contribution is -0.145. The Labute approximate surface area is 151 Å². The van der Waals surface area contributed by atoms with Crippen LogP contribution in [0.4, 0.5) is 4.79 Å². The van der Waals surface area contributed by atoms with Crippen LogP contribution in [0.2, 0.25) is 0 Å². The molecule has 8 nitrogen and oxygen atoms in total. The van der Waals surface area contributed by atoms with Gasteiger partial charge < -0.3 is 14.8 Å². The van der Waals surface area contributed by atoms with Gasteiger partial charge in [-0.25, -0.2) is 9.59 Å². The number of methoxy groups -OCH3 is 1. The van der Waals surface area contributed by atoms with Crippen LogP contribution >= 0.6 is 0 Å². The number of esters is 2. The lowest BCUT2D eigenvalue weighted by atomic mass is 10.1. The van der Waals surface area contributed by atoms with Crippen LogP contribution < -0.4 is 5.32 Å². The summed E-state index contributed by atoms with van der Waals surface area (Å²) in [6, 6.07) is 6.09. The zero-order chi connectivity index (χ0) is 19.3. The lowest BCUT2D eigenvalue weighted by Gasteiger charge is -2.15. The maximum atomic E-state index is 12.0. The van der Waals surface area contributed by atoms with E-state index in [0.717, 1.165) is 10.5 Å². The SMILES string of the molecule is COC(=O)c1ccc(COC(=O)CCCN2C(=O)NC(C)(C)C2=O)cc1. The summed E-state index contributed by atoms with van der Waals surface area (Å²) in [5.74, 6) is -1.16. The lowest BCUT2D eigenvalue weighted by Crippen LogP contribution is -2.40. The summed E-state index contributed by atoms with van der Waals surface area (Å²) in [4.78, 5) is 48.0. The molecule has 1 aromatic rings. The predicted octanol–water partition coefficient (Wildman–Crippen LogP) is 1.63. The molecule has 26 heavy (non-hydrogen) atoms. The van der Waals surface area contributed by atoms with Crippen LogP contribution in [0.25, 0.3) is 0 Å². The molecule has 0 atom stereocenters. The van der Waals surface area contributed by atoms with E-state index in [1.165, 1.54) is 7.11 Å². The smallest absolute Gasteiger partial charge is 0.337 e. The predicted molar refractivity (Wildman–Crippen MR) is 91.1 cm³/mol. The molecule has 8 heteroatoms. The number of carbonyl (C=O) groups is 4. The summed E-state index contributed by atoms with van der Waals surface area (Å²) >= 11 is 0. The minimum absolute atomic E-state index is 0.0798. The highest BCUT2D eigenvalue weighted by molar-refractivity contribution is 6.06. The molecule has 0 aromatic heterocycles. The first-order valence-corrected chi connectivity index (χ1v) is 8.21. The van der Waals surface area contributed by atoms with Gasteiger partial charge in [0.2, 0.25) is 0 Å². The number of nitrogens with one attached hydrogen (secondary N) is 1. The average molecular weight is 362 g/mol. The maximum Gasteiger partial charge on any atom is 0.337 e. The second kappa shape index (κ2) is 7.99. The summed E-state index contributed by atoms with van der Waals surface area (Å²) in [5, 5.41) is 2.58. The van der Waals surface area contributed by atoms with Crippen LogP contribution in [-0.2, 0) is 25.7 Å². The van der Waals surface area contributed by atoms with Gasteiger partial charge in [-0.2, -0.15) is 0 Å². The zero-order valence-electron chi connectivity index (χ0n) is 15.0. The number of urea groups is 1. The molecular weight excluding hydrogens is 340 g/mol. The van der Waals surface area contributed by atoms with Crippen LogP contribution in [0.5, 0.6) is 0 Å². The van der Waals surface area contributed by atoms with Crippen molar-refractivity contribution in [2.24, 2.45) is 0 Å². The zero-order valence-corrected chi connectivity index (χ0v) is 15.0. The van der Waals surface area contributed by atoms with E-state index in [9.17, 15) is 19.2 Å². The van der Waals surface area contributed by atoms with Gasteiger partial charge in [-0.3, -0.25) is 14.5 Å². The third-order valence-corrected chi connectivity index (χ3v) is 3.98. The molecule has 1 aliphatic heterocycles. The van der Waals surface area contributed by atoms with E-state index in [2.05, 4.69) is 10.1 Å². The monoisotopic (exact) mass is 362 g/mol. The third-order valence-electron chi connectivity index (χ3n) is 3.98. The Kier molecular flexibility index (Phi) is 5.97. The molecule has 1 aliphatic rings. The highest BCUT2D eigenvalue weighted by Gasteiger charge is 2.43. The maximum absolute atomic E-state index is 12.0. The highest BCUT2D eigenvalue weighted by Crippen LogP contribution is 2.17. The van der Waals surface area contributed by atoms with Crippen molar-refractivity contribution in [3.05, 3.63) is 35.4 Å². The fraction of sp³-hybridized carbons (Fsp3) is 0.444. The average Bonchev–Trinajstić information content (AvgIpc) is 2.81. The van der Waals surface area contributed by atoms with Gasteiger partial charge in [0.05, 0.1) is 12.7 Å². The molecule has 2 rings (SSSR count). The second-order valence-corrected chi connectivity index (χ2v) is 6.46. The molecule has 1 N–H and O–H groups in total. The van der Waals surface area contributed by atoms with Crippen molar-refractivity contribution in [1.29, 1.82) is 0 Å². The molecule has 0 radical (unpaired) electrons. The summed E-state index contributed by atoms with van der Waals surface area (Å²) in [6.07, 6.45) is 0.424. The first kappa shape index (κ1) is 19.4. The van der Waals surface area contributed by atoms with Gasteiger partial charge in [-0.15, -0.1) is 0 Å². The molecule has 1 aromatic carbocycles. The van der Waals surface area contributed by atoms with Gasteiger partial charge in [0.25, 0.3) is 5.91 Å². The van der Waals surface area contributed by atoms with Crippen LogP contribution in [0.3, 0.4) is 0 Å². The van der Waals surface area contributed by atoms with Crippen LogP contribution in [0.15, 0.2) is 24.3 Å². The van der Waals surface area contributed by atoms with Crippen molar-refractivity contribution in [2.75, 3.05) is 13.7 Å². The Hall–Kier alpha value is -2.90. The highest BCUT2D eigenvalue weighted by atomic mass is 16.5. The fourth-order valence-electron chi connectivity index (χ4n) is 2.49. The van der Waals surface area contributed by atoms with Gasteiger partial charge in [-0.1, -0.05) is 12.1 Å². The molecule has 0 aliphatic carbocycles. The van der Waals surface area contributed by atoms with Gasteiger partial charge in [-0.05, 0) is 38.0 Å². The number of nitrogens with zero attached hydrogens (tertiary/aromatic N) is 1. The van der Waals surface area contributed by atoms with Gasteiger partial charge in [0.15, 0.2) is 0 Å². The molecule has 0 spiro atoms. The minimum Gasteiger partial charge on any atom is -0.465 e. The van der Waals surface area contributed by atoms with Crippen molar-refractivity contribution in [1.82, 2.24) is 10.2 Å². The van der Waals surface area contributed by atoms with Crippen molar-refractivity contribution < 1.29 is 28.7 Å². The van der Waals surface area contributed by atoms with Crippen LogP contribution in [0, 0.1) is 0 Å². The molecule has 3 amide bonds. The largest absolute Gasteiger partial charge is 0.465 e. The first-order valence-electron chi connectivity index (χ1n) is 8.21. The number of carbonyl (C=O) groups excluding carboxylic acids is 4. The quantitative estimate of drug-likeness (QED) is 0.584. The summed E-state index contributed by atoms with van der Waals surface area (Å²) in [7, 11) is 1.30. The molecular formula is C18H22N2O6. The Morgan fingerprint density at radius 2 is 1.81 bits per heavy atom. The molecule has 1 fully saturated rings. The van der Waals surface area contributed by atoms with Crippen molar-refractivity contribution >= 4 is 23.9 Å². The number of hydrogen-bond donors (Lipinski definition) is 1. The topological polar surface area (TPSA) is 102 Å². The van der Waals surface area contributed by atoms with Gasteiger partial charge in [0, 0.05) is 13.0 Å². The number of rotatable bonds is 7. The Bertz CT molecular complexity index is 711. The Morgan fingerprint density at radius 3 is 2.35 bits per heavy atom. The van der Waals surface area contributed by atoms with E-state index in [0.29, 0.717) is 12.0 Å². The summed E-state index contributed by atoms with van der Waals surface area (Å²) in [5.41, 5.74) is 0.245. The Balaban J connectivity index is 1.73. The normalized spacial score (nSPS) is 15.6. The van der Waals surface area contributed by atoms with E-state index in [1.807, 2.05) is 0 Å². The number of benzene rings is 1. The molecule has 0 saturated carbocycles. The van der Waals surface area contributed by atoms with E-state index in [-0.39, 0.29) is 25.5 Å². The fourth-order valence-corrected chi connectivity index (χ4v) is 2.49. The number of hydrogen-bond acceptors (Lipinski definition) is 6. The summed E-state index contributed by atoms with van der Waals surface area (Å²) < 4.78 is 9.76. The minimum atomic E-state index is -0.909. The van der Waals surface area contributed by atoms with E-state index in [4.69, 9.17) is 4.74 Å². The van der Waals surface area contributed by atoms with E-state index in [1.54, 1.807) is 38.1 Å². The molecule has 0 unspecified atom stereocenters. The van der Waals surface area contributed by atoms with E-state index < -0.39 is 23.5 Å². The second-order valence-electron chi connectivity index (χ2n) is 6.46.